The quantitative estimate of drug-likeness (QED) is 0.865. The molecule has 0 spiro atoms. The Labute approximate surface area is 141 Å². The molecule has 0 radical (unpaired) electrons. The summed E-state index contributed by atoms with van der Waals surface area (Å²) in [5.74, 6) is -0.206. The molecule has 0 aliphatic rings. The lowest BCUT2D eigenvalue weighted by molar-refractivity contribution is -0.143. The molecule has 24 heavy (non-hydrogen) atoms. The minimum atomic E-state index is -0.636. The van der Waals surface area contributed by atoms with E-state index < -0.39 is 11.7 Å². The number of aromatic nitrogens is 1. The van der Waals surface area contributed by atoms with Crippen molar-refractivity contribution in [3.05, 3.63) is 30.0 Å². The third kappa shape index (κ3) is 4.28. The van der Waals surface area contributed by atoms with Gasteiger partial charge in [0.25, 0.3) is 0 Å². The first kappa shape index (κ1) is 17.8. The third-order valence-corrected chi connectivity index (χ3v) is 3.33. The Morgan fingerprint density at radius 2 is 1.92 bits per heavy atom. The number of esters is 1. The molecule has 1 aromatic heterocycles. The van der Waals surface area contributed by atoms with Gasteiger partial charge in [0, 0.05) is 11.1 Å². The van der Waals surface area contributed by atoms with E-state index in [4.69, 9.17) is 9.47 Å². The summed E-state index contributed by atoms with van der Waals surface area (Å²) in [7, 11) is 0. The number of phenols is 1. The second-order valence-electron chi connectivity index (χ2n) is 6.50. The SMILES string of the molecule is CCOC(=O)CCc1cc2cc(O)ccc2n1C(=O)OC(C)(C)C. The lowest BCUT2D eigenvalue weighted by Crippen LogP contribution is -2.28. The molecular weight excluding hydrogens is 310 g/mol. The van der Waals surface area contributed by atoms with Gasteiger partial charge in [0.1, 0.15) is 11.4 Å². The molecule has 6 nitrogen and oxygen atoms in total. The number of carbonyl (C=O) groups is 2. The first-order valence-electron chi connectivity index (χ1n) is 7.93. The summed E-state index contributed by atoms with van der Waals surface area (Å²) in [6, 6.07) is 6.52. The van der Waals surface area contributed by atoms with Gasteiger partial charge in [0.05, 0.1) is 18.5 Å². The van der Waals surface area contributed by atoms with Crippen molar-refractivity contribution in [2.75, 3.05) is 6.61 Å². The summed E-state index contributed by atoms with van der Waals surface area (Å²) in [6.07, 6.45) is -0.00558. The zero-order valence-corrected chi connectivity index (χ0v) is 14.5. The number of hydrogen-bond donors (Lipinski definition) is 1. The van der Waals surface area contributed by atoms with Gasteiger partial charge in [-0.15, -0.1) is 0 Å². The molecule has 0 amide bonds. The predicted octanol–water partition coefficient (Wildman–Crippen LogP) is 3.63. The topological polar surface area (TPSA) is 77.8 Å². The largest absolute Gasteiger partial charge is 0.508 e. The number of carbonyl (C=O) groups excluding carboxylic acids is 2. The molecule has 0 unspecified atom stereocenters. The third-order valence-electron chi connectivity index (χ3n) is 3.33. The Bertz CT molecular complexity index is 755. The van der Waals surface area contributed by atoms with Gasteiger partial charge in [-0.25, -0.2) is 9.36 Å². The van der Waals surface area contributed by atoms with Crippen molar-refractivity contribution in [3.63, 3.8) is 0 Å². The van der Waals surface area contributed by atoms with Crippen LogP contribution < -0.4 is 0 Å². The van der Waals surface area contributed by atoms with Crippen LogP contribution in [0.25, 0.3) is 10.9 Å². The fourth-order valence-electron chi connectivity index (χ4n) is 2.43. The first-order valence-corrected chi connectivity index (χ1v) is 7.93. The highest BCUT2D eigenvalue weighted by Crippen LogP contribution is 2.26. The average Bonchev–Trinajstić information content (AvgIpc) is 2.81. The summed E-state index contributed by atoms with van der Waals surface area (Å²) in [6.45, 7) is 7.45. The number of hydrogen-bond acceptors (Lipinski definition) is 5. The van der Waals surface area contributed by atoms with Crippen molar-refractivity contribution >= 4 is 23.0 Å². The van der Waals surface area contributed by atoms with Crippen LogP contribution in [0.4, 0.5) is 4.79 Å². The van der Waals surface area contributed by atoms with Crippen molar-refractivity contribution in [2.45, 2.75) is 46.1 Å². The Hall–Kier alpha value is -2.50. The standard InChI is InChI=1S/C18H23NO5/c1-5-23-16(21)9-6-13-10-12-11-14(20)7-8-15(12)19(13)17(22)24-18(2,3)4/h7-8,10-11,20H,5-6,9H2,1-4H3. The maximum absolute atomic E-state index is 12.6. The van der Waals surface area contributed by atoms with E-state index in [2.05, 4.69) is 0 Å². The van der Waals surface area contributed by atoms with Crippen LogP contribution in [0.1, 0.15) is 39.8 Å². The summed E-state index contributed by atoms with van der Waals surface area (Å²) in [5, 5.41) is 10.4. The summed E-state index contributed by atoms with van der Waals surface area (Å²) < 4.78 is 11.8. The summed E-state index contributed by atoms with van der Waals surface area (Å²) in [5.41, 5.74) is 0.627. The van der Waals surface area contributed by atoms with Crippen LogP contribution in [0, 0.1) is 0 Å². The lowest BCUT2D eigenvalue weighted by atomic mass is 10.2. The van der Waals surface area contributed by atoms with Crippen molar-refractivity contribution in [3.8, 4) is 5.75 Å². The molecule has 1 aromatic carbocycles. The number of ether oxygens (including phenoxy) is 2. The van der Waals surface area contributed by atoms with Gasteiger partial charge < -0.3 is 14.6 Å². The van der Waals surface area contributed by atoms with Gasteiger partial charge in [0.15, 0.2) is 0 Å². The zero-order chi connectivity index (χ0) is 17.9. The molecule has 2 aromatic rings. The second-order valence-corrected chi connectivity index (χ2v) is 6.50. The van der Waals surface area contributed by atoms with Crippen molar-refractivity contribution in [1.29, 1.82) is 0 Å². The van der Waals surface area contributed by atoms with E-state index in [0.717, 1.165) is 0 Å². The minimum Gasteiger partial charge on any atom is -0.508 e. The van der Waals surface area contributed by atoms with Crippen LogP contribution in [0.3, 0.4) is 0 Å². The normalized spacial score (nSPS) is 11.5. The number of aryl methyl sites for hydroxylation is 1. The highest BCUT2D eigenvalue weighted by molar-refractivity contribution is 5.92. The molecule has 0 atom stereocenters. The number of fused-ring (bicyclic) bond motifs is 1. The van der Waals surface area contributed by atoms with Gasteiger partial charge in [-0.3, -0.25) is 4.79 Å². The summed E-state index contributed by atoms with van der Waals surface area (Å²) in [4.78, 5) is 24.2. The molecule has 0 bridgehead atoms. The van der Waals surface area contributed by atoms with Crippen LogP contribution in [0.15, 0.2) is 24.3 Å². The zero-order valence-electron chi connectivity index (χ0n) is 14.5. The lowest BCUT2D eigenvalue weighted by Gasteiger charge is -2.21. The maximum atomic E-state index is 12.6. The highest BCUT2D eigenvalue weighted by atomic mass is 16.6. The number of aromatic hydroxyl groups is 1. The number of nitrogens with zero attached hydrogens (tertiary/aromatic N) is 1. The predicted molar refractivity (Wildman–Crippen MR) is 90.2 cm³/mol. The number of benzene rings is 1. The Kier molecular flexibility index (Phi) is 5.17. The van der Waals surface area contributed by atoms with E-state index in [0.29, 0.717) is 29.6 Å². The van der Waals surface area contributed by atoms with E-state index in [-0.39, 0.29) is 18.1 Å². The monoisotopic (exact) mass is 333 g/mol. The molecular formula is C18H23NO5. The van der Waals surface area contributed by atoms with Crippen molar-refractivity contribution < 1.29 is 24.2 Å². The van der Waals surface area contributed by atoms with Crippen LogP contribution in [-0.4, -0.2) is 33.9 Å². The van der Waals surface area contributed by atoms with Crippen LogP contribution in [-0.2, 0) is 20.7 Å². The molecule has 2 rings (SSSR count). The fourth-order valence-corrected chi connectivity index (χ4v) is 2.43. The molecule has 1 N–H and O–H groups in total. The van der Waals surface area contributed by atoms with E-state index in [9.17, 15) is 14.7 Å². The van der Waals surface area contributed by atoms with Gasteiger partial charge in [-0.1, -0.05) is 0 Å². The molecule has 0 aliphatic heterocycles. The van der Waals surface area contributed by atoms with E-state index in [1.54, 1.807) is 45.9 Å². The van der Waals surface area contributed by atoms with Crippen molar-refractivity contribution in [1.82, 2.24) is 4.57 Å². The maximum Gasteiger partial charge on any atom is 0.419 e. The highest BCUT2D eigenvalue weighted by Gasteiger charge is 2.22. The first-order chi connectivity index (χ1) is 11.2. The Balaban J connectivity index is 2.39. The van der Waals surface area contributed by atoms with Crippen LogP contribution >= 0.6 is 0 Å². The van der Waals surface area contributed by atoms with Gasteiger partial charge in [-0.2, -0.15) is 0 Å². The summed E-state index contributed by atoms with van der Waals surface area (Å²) >= 11 is 0. The Morgan fingerprint density at radius 3 is 2.54 bits per heavy atom. The van der Waals surface area contributed by atoms with Crippen LogP contribution in [0.2, 0.25) is 0 Å². The second kappa shape index (κ2) is 6.95. The van der Waals surface area contributed by atoms with Gasteiger partial charge >= 0.3 is 12.1 Å². The number of rotatable bonds is 4. The fraction of sp³-hybridized carbons (Fsp3) is 0.444. The van der Waals surface area contributed by atoms with Crippen LogP contribution in [0.5, 0.6) is 5.75 Å². The molecule has 0 aliphatic carbocycles. The molecule has 1 heterocycles. The molecule has 0 fully saturated rings. The minimum absolute atomic E-state index is 0.112. The molecule has 130 valence electrons. The average molecular weight is 333 g/mol. The smallest absolute Gasteiger partial charge is 0.419 e. The van der Waals surface area contributed by atoms with Gasteiger partial charge in [0.2, 0.25) is 0 Å². The molecule has 6 heteroatoms. The van der Waals surface area contributed by atoms with E-state index >= 15 is 0 Å². The van der Waals surface area contributed by atoms with E-state index in [1.165, 1.54) is 10.6 Å². The molecule has 0 saturated heterocycles. The van der Waals surface area contributed by atoms with Gasteiger partial charge in [-0.05, 0) is 58.4 Å². The van der Waals surface area contributed by atoms with Crippen molar-refractivity contribution in [2.24, 2.45) is 0 Å². The number of phenolic OH excluding ortho intramolecular Hbond substituents is 1. The molecule has 0 saturated carbocycles. The Morgan fingerprint density at radius 1 is 1.21 bits per heavy atom. The van der Waals surface area contributed by atoms with E-state index in [1.807, 2.05) is 0 Å².